The fraction of sp³-hybridized carbons (Fsp3) is 0.643. The van der Waals surface area contributed by atoms with Crippen LogP contribution in [0.5, 0.6) is 0 Å². The molecule has 0 atom stereocenters. The summed E-state index contributed by atoms with van der Waals surface area (Å²) in [7, 11) is 4.15. The SMILES string of the molecule is CCNc1cc([N+](=O)[O-])cc(NCC2(N(C)C)CCC2)n1. The maximum atomic E-state index is 11.0. The summed E-state index contributed by atoms with van der Waals surface area (Å²) in [5, 5.41) is 17.3. The number of anilines is 2. The Kier molecular flexibility index (Phi) is 4.62. The second-order valence-corrected chi connectivity index (χ2v) is 5.71. The van der Waals surface area contributed by atoms with Crippen molar-refractivity contribution in [1.29, 1.82) is 0 Å². The van der Waals surface area contributed by atoms with Crippen LogP contribution in [0.4, 0.5) is 17.3 Å². The molecular formula is C14H23N5O2. The molecule has 1 aliphatic rings. The number of aromatic nitrogens is 1. The average molecular weight is 293 g/mol. The first-order valence-electron chi connectivity index (χ1n) is 7.28. The van der Waals surface area contributed by atoms with E-state index in [0.717, 1.165) is 19.4 Å². The van der Waals surface area contributed by atoms with Gasteiger partial charge < -0.3 is 15.5 Å². The minimum absolute atomic E-state index is 0.0518. The first kappa shape index (κ1) is 15.5. The van der Waals surface area contributed by atoms with E-state index in [1.165, 1.54) is 18.6 Å². The van der Waals surface area contributed by atoms with E-state index in [-0.39, 0.29) is 11.2 Å². The van der Waals surface area contributed by atoms with Gasteiger partial charge >= 0.3 is 0 Å². The molecule has 1 heterocycles. The predicted octanol–water partition coefficient (Wildman–Crippen LogP) is 2.32. The molecule has 0 saturated heterocycles. The molecule has 1 saturated carbocycles. The molecule has 7 heteroatoms. The molecule has 0 spiro atoms. The summed E-state index contributed by atoms with van der Waals surface area (Å²) >= 11 is 0. The lowest BCUT2D eigenvalue weighted by molar-refractivity contribution is -0.384. The smallest absolute Gasteiger partial charge is 0.276 e. The average Bonchev–Trinajstić information content (AvgIpc) is 2.37. The van der Waals surface area contributed by atoms with Crippen molar-refractivity contribution >= 4 is 17.3 Å². The van der Waals surface area contributed by atoms with Crippen LogP contribution < -0.4 is 10.6 Å². The molecule has 116 valence electrons. The second kappa shape index (κ2) is 6.26. The molecule has 1 aromatic rings. The van der Waals surface area contributed by atoms with Gasteiger partial charge in [0.25, 0.3) is 5.69 Å². The van der Waals surface area contributed by atoms with Gasteiger partial charge in [-0.3, -0.25) is 10.1 Å². The van der Waals surface area contributed by atoms with Crippen LogP contribution in [0.1, 0.15) is 26.2 Å². The Morgan fingerprint density at radius 2 is 1.95 bits per heavy atom. The molecule has 0 aliphatic heterocycles. The van der Waals surface area contributed by atoms with E-state index in [2.05, 4.69) is 34.6 Å². The summed E-state index contributed by atoms with van der Waals surface area (Å²) < 4.78 is 0. The number of likely N-dealkylation sites (N-methyl/N-ethyl adjacent to an activating group) is 1. The molecule has 0 unspecified atom stereocenters. The maximum Gasteiger partial charge on any atom is 0.276 e. The van der Waals surface area contributed by atoms with Crippen LogP contribution in [0.3, 0.4) is 0 Å². The lowest BCUT2D eigenvalue weighted by atomic mass is 9.75. The molecule has 1 fully saturated rings. The van der Waals surface area contributed by atoms with Crippen LogP contribution in [0.15, 0.2) is 12.1 Å². The molecule has 2 rings (SSSR count). The lowest BCUT2D eigenvalue weighted by Gasteiger charge is -2.47. The zero-order chi connectivity index (χ0) is 15.5. The maximum absolute atomic E-state index is 11.0. The monoisotopic (exact) mass is 293 g/mol. The molecule has 1 aromatic heterocycles. The molecule has 0 aromatic carbocycles. The normalized spacial score (nSPS) is 16.4. The van der Waals surface area contributed by atoms with E-state index in [0.29, 0.717) is 18.2 Å². The summed E-state index contributed by atoms with van der Waals surface area (Å²) in [4.78, 5) is 17.2. The third kappa shape index (κ3) is 3.41. The Hall–Kier alpha value is -1.89. The van der Waals surface area contributed by atoms with Crippen LogP contribution in [0, 0.1) is 10.1 Å². The number of nitro groups is 1. The van der Waals surface area contributed by atoms with Crippen LogP contribution >= 0.6 is 0 Å². The van der Waals surface area contributed by atoms with E-state index in [1.807, 2.05) is 6.92 Å². The van der Waals surface area contributed by atoms with E-state index in [1.54, 1.807) is 0 Å². The molecule has 21 heavy (non-hydrogen) atoms. The van der Waals surface area contributed by atoms with Gasteiger partial charge in [-0.15, -0.1) is 0 Å². The zero-order valence-electron chi connectivity index (χ0n) is 12.8. The molecule has 0 radical (unpaired) electrons. The van der Waals surface area contributed by atoms with Crippen molar-refractivity contribution in [3.63, 3.8) is 0 Å². The first-order chi connectivity index (χ1) is 9.97. The highest BCUT2D eigenvalue weighted by molar-refractivity contribution is 5.54. The van der Waals surface area contributed by atoms with Crippen LogP contribution in [-0.4, -0.2) is 47.5 Å². The molecule has 0 bridgehead atoms. The Balaban J connectivity index is 2.13. The number of hydrogen-bond acceptors (Lipinski definition) is 6. The fourth-order valence-corrected chi connectivity index (χ4v) is 2.61. The van der Waals surface area contributed by atoms with Crippen molar-refractivity contribution in [2.75, 3.05) is 37.8 Å². The van der Waals surface area contributed by atoms with E-state index < -0.39 is 4.92 Å². The zero-order valence-corrected chi connectivity index (χ0v) is 12.8. The number of nitrogens with one attached hydrogen (secondary N) is 2. The quantitative estimate of drug-likeness (QED) is 0.593. The van der Waals surface area contributed by atoms with Gasteiger partial charge in [0, 0.05) is 18.6 Å². The second-order valence-electron chi connectivity index (χ2n) is 5.71. The molecule has 7 nitrogen and oxygen atoms in total. The highest BCUT2D eigenvalue weighted by Gasteiger charge is 2.38. The number of hydrogen-bond donors (Lipinski definition) is 2. The van der Waals surface area contributed by atoms with Crippen molar-refractivity contribution < 1.29 is 4.92 Å². The van der Waals surface area contributed by atoms with Crippen LogP contribution in [0.25, 0.3) is 0 Å². The summed E-state index contributed by atoms with van der Waals surface area (Å²) in [5.74, 6) is 1.08. The van der Waals surface area contributed by atoms with Crippen molar-refractivity contribution in [2.24, 2.45) is 0 Å². The van der Waals surface area contributed by atoms with Crippen molar-refractivity contribution in [3.8, 4) is 0 Å². The van der Waals surface area contributed by atoms with Gasteiger partial charge in [0.05, 0.1) is 17.1 Å². The summed E-state index contributed by atoms with van der Waals surface area (Å²) in [6.45, 7) is 3.36. The standard InChI is InChI=1S/C14H23N5O2/c1-4-15-12-8-11(19(20)21)9-13(17-12)16-10-14(18(2)3)6-5-7-14/h8-9H,4-7,10H2,1-3H3,(H2,15,16,17). The van der Waals surface area contributed by atoms with Gasteiger partial charge in [0.2, 0.25) is 0 Å². The van der Waals surface area contributed by atoms with Crippen molar-refractivity contribution in [2.45, 2.75) is 31.7 Å². The highest BCUT2D eigenvalue weighted by atomic mass is 16.6. The van der Waals surface area contributed by atoms with Gasteiger partial charge in [0.1, 0.15) is 11.6 Å². The van der Waals surface area contributed by atoms with Gasteiger partial charge in [-0.2, -0.15) is 0 Å². The third-order valence-electron chi connectivity index (χ3n) is 4.21. The van der Waals surface area contributed by atoms with Gasteiger partial charge in [-0.05, 0) is 40.3 Å². The number of nitrogens with zero attached hydrogens (tertiary/aromatic N) is 3. The van der Waals surface area contributed by atoms with E-state index >= 15 is 0 Å². The lowest BCUT2D eigenvalue weighted by Crippen LogP contribution is -2.54. The molecule has 1 aliphatic carbocycles. The number of pyridine rings is 1. The van der Waals surface area contributed by atoms with Gasteiger partial charge in [0.15, 0.2) is 0 Å². The third-order valence-corrected chi connectivity index (χ3v) is 4.21. The molecule has 0 amide bonds. The van der Waals surface area contributed by atoms with Crippen LogP contribution in [0.2, 0.25) is 0 Å². The minimum Gasteiger partial charge on any atom is -0.370 e. The first-order valence-corrected chi connectivity index (χ1v) is 7.28. The number of rotatable bonds is 7. The topological polar surface area (TPSA) is 83.3 Å². The Morgan fingerprint density at radius 1 is 1.33 bits per heavy atom. The Morgan fingerprint density at radius 3 is 2.38 bits per heavy atom. The van der Waals surface area contributed by atoms with Gasteiger partial charge in [-0.1, -0.05) is 0 Å². The summed E-state index contributed by atoms with van der Waals surface area (Å²) in [6.07, 6.45) is 3.51. The molecular weight excluding hydrogens is 270 g/mol. The predicted molar refractivity (Wildman–Crippen MR) is 83.8 cm³/mol. The summed E-state index contributed by atoms with van der Waals surface area (Å²) in [6, 6.07) is 2.95. The fourth-order valence-electron chi connectivity index (χ4n) is 2.61. The highest BCUT2D eigenvalue weighted by Crippen LogP contribution is 2.36. The summed E-state index contributed by atoms with van der Waals surface area (Å²) in [5.41, 5.74) is 0.195. The Bertz CT molecular complexity index is 514. The van der Waals surface area contributed by atoms with Crippen LogP contribution in [-0.2, 0) is 0 Å². The molecule has 2 N–H and O–H groups in total. The van der Waals surface area contributed by atoms with E-state index in [4.69, 9.17) is 0 Å². The van der Waals surface area contributed by atoms with Crippen molar-refractivity contribution in [3.05, 3.63) is 22.2 Å². The van der Waals surface area contributed by atoms with Crippen molar-refractivity contribution in [1.82, 2.24) is 9.88 Å². The Labute approximate surface area is 124 Å². The minimum atomic E-state index is -0.390. The van der Waals surface area contributed by atoms with E-state index in [9.17, 15) is 10.1 Å². The largest absolute Gasteiger partial charge is 0.370 e. The van der Waals surface area contributed by atoms with Gasteiger partial charge in [-0.25, -0.2) is 4.98 Å².